The summed E-state index contributed by atoms with van der Waals surface area (Å²) in [6.07, 6.45) is 2.41. The van der Waals surface area contributed by atoms with Crippen LogP contribution in [0.5, 0.6) is 11.5 Å². The molecule has 1 N–H and O–H groups in total. The monoisotopic (exact) mass is 416 g/mol. The number of ether oxygens (including phenoxy) is 2. The van der Waals surface area contributed by atoms with Gasteiger partial charge >= 0.3 is 0 Å². The van der Waals surface area contributed by atoms with Crippen molar-refractivity contribution in [2.45, 2.75) is 25.5 Å². The highest BCUT2D eigenvalue weighted by Gasteiger charge is 2.28. The lowest BCUT2D eigenvalue weighted by Gasteiger charge is -2.17. The summed E-state index contributed by atoms with van der Waals surface area (Å²) in [6, 6.07) is 8.86. The Hall–Kier alpha value is -2.64. The average molecular weight is 417 g/mol. The number of methoxy groups -OCH3 is 1. The average Bonchev–Trinajstić information content (AvgIpc) is 3.02. The van der Waals surface area contributed by atoms with Crippen LogP contribution in [0.25, 0.3) is 10.9 Å². The van der Waals surface area contributed by atoms with E-state index in [1.165, 1.54) is 12.4 Å². The van der Waals surface area contributed by atoms with Crippen LogP contribution in [0.3, 0.4) is 0 Å². The van der Waals surface area contributed by atoms with E-state index in [-0.39, 0.29) is 16.8 Å². The molecule has 8 heteroatoms. The summed E-state index contributed by atoms with van der Waals surface area (Å²) in [5.74, 6) is 1.13. The summed E-state index contributed by atoms with van der Waals surface area (Å²) >= 11 is 5.89. The number of likely N-dealkylation sites (N-methyl/N-ethyl adjacent to an activating group) is 1. The lowest BCUT2D eigenvalue weighted by Crippen LogP contribution is -2.23. The van der Waals surface area contributed by atoms with Crippen molar-refractivity contribution in [3.05, 3.63) is 47.5 Å². The van der Waals surface area contributed by atoms with Crippen LogP contribution in [-0.2, 0) is 0 Å². The second kappa shape index (κ2) is 8.00. The molecule has 0 radical (unpaired) electrons. The summed E-state index contributed by atoms with van der Waals surface area (Å²) in [5.41, 5.74) is 0.896. The van der Waals surface area contributed by atoms with Crippen LogP contribution in [0.15, 0.2) is 36.7 Å². The van der Waals surface area contributed by atoms with E-state index in [1.807, 2.05) is 6.07 Å². The van der Waals surface area contributed by atoms with Crippen molar-refractivity contribution < 1.29 is 13.9 Å². The molecule has 1 aliphatic heterocycles. The summed E-state index contributed by atoms with van der Waals surface area (Å²) in [4.78, 5) is 10.9. The van der Waals surface area contributed by atoms with Gasteiger partial charge in [-0.2, -0.15) is 0 Å². The molecule has 0 amide bonds. The number of benzene rings is 2. The number of anilines is 2. The summed E-state index contributed by atoms with van der Waals surface area (Å²) < 4.78 is 26.1. The smallest absolute Gasteiger partial charge is 0.165 e. The highest BCUT2D eigenvalue weighted by atomic mass is 35.5. The van der Waals surface area contributed by atoms with E-state index in [9.17, 15) is 4.39 Å². The lowest BCUT2D eigenvalue weighted by molar-refractivity contribution is 0.200. The van der Waals surface area contributed by atoms with E-state index >= 15 is 0 Å². The maximum Gasteiger partial charge on any atom is 0.165 e. The minimum Gasteiger partial charge on any atom is -0.493 e. The van der Waals surface area contributed by atoms with Gasteiger partial charge in [-0.25, -0.2) is 14.4 Å². The summed E-state index contributed by atoms with van der Waals surface area (Å²) in [7, 11) is 3.68. The fourth-order valence-electron chi connectivity index (χ4n) is 3.54. The maximum absolute atomic E-state index is 14.3. The van der Waals surface area contributed by atoms with Gasteiger partial charge in [0.25, 0.3) is 0 Å². The number of fused-ring (bicyclic) bond motifs is 1. The molecule has 0 aliphatic carbocycles. The Bertz CT molecular complexity index is 1040. The van der Waals surface area contributed by atoms with Crippen LogP contribution < -0.4 is 14.8 Å². The number of rotatable bonds is 5. The third-order valence-corrected chi connectivity index (χ3v) is 5.56. The van der Waals surface area contributed by atoms with Crippen molar-refractivity contribution >= 4 is 34.0 Å². The summed E-state index contributed by atoms with van der Waals surface area (Å²) in [5, 5.41) is 3.75. The van der Waals surface area contributed by atoms with Gasteiger partial charge in [0.15, 0.2) is 17.3 Å². The van der Waals surface area contributed by atoms with Crippen molar-refractivity contribution in [1.82, 2.24) is 14.9 Å². The molecule has 0 saturated carbocycles. The second-order valence-electron chi connectivity index (χ2n) is 7.23. The lowest BCUT2D eigenvalue weighted by atomic mass is 10.2. The van der Waals surface area contributed by atoms with Gasteiger partial charge in [0.2, 0.25) is 0 Å². The zero-order valence-electron chi connectivity index (χ0n) is 16.4. The van der Waals surface area contributed by atoms with Gasteiger partial charge in [0.05, 0.1) is 23.3 Å². The van der Waals surface area contributed by atoms with Gasteiger partial charge in [0, 0.05) is 30.5 Å². The SMILES string of the molecule is COc1cc2ncnc(Nc3cccc(Cl)c3F)c2cc1OC1C[C@@H](C)N(C)C1. The third kappa shape index (κ3) is 3.93. The van der Waals surface area contributed by atoms with Gasteiger partial charge < -0.3 is 14.8 Å². The molecule has 1 fully saturated rings. The van der Waals surface area contributed by atoms with E-state index < -0.39 is 5.82 Å². The minimum atomic E-state index is -0.533. The molecule has 1 saturated heterocycles. The third-order valence-electron chi connectivity index (χ3n) is 5.27. The van der Waals surface area contributed by atoms with Gasteiger partial charge in [-0.3, -0.25) is 4.90 Å². The summed E-state index contributed by atoms with van der Waals surface area (Å²) in [6.45, 7) is 3.02. The molecule has 6 nitrogen and oxygen atoms in total. The number of hydrogen-bond donors (Lipinski definition) is 1. The molecule has 2 heterocycles. The number of halogens is 2. The first-order valence-electron chi connectivity index (χ1n) is 9.37. The van der Waals surface area contributed by atoms with Crippen molar-refractivity contribution in [2.75, 3.05) is 26.0 Å². The van der Waals surface area contributed by atoms with Crippen LogP contribution in [0.2, 0.25) is 5.02 Å². The molecule has 2 atom stereocenters. The molecule has 2 aromatic carbocycles. The first-order chi connectivity index (χ1) is 14.0. The van der Waals surface area contributed by atoms with E-state index in [0.717, 1.165) is 13.0 Å². The van der Waals surface area contributed by atoms with Gasteiger partial charge in [0.1, 0.15) is 18.2 Å². The van der Waals surface area contributed by atoms with Crippen molar-refractivity contribution in [3.8, 4) is 11.5 Å². The van der Waals surface area contributed by atoms with Crippen LogP contribution in [-0.4, -0.2) is 47.7 Å². The quantitative estimate of drug-likeness (QED) is 0.653. The first kappa shape index (κ1) is 19.7. The van der Waals surface area contributed by atoms with Crippen LogP contribution >= 0.6 is 11.6 Å². The number of aromatic nitrogens is 2. The second-order valence-corrected chi connectivity index (χ2v) is 7.64. The van der Waals surface area contributed by atoms with E-state index in [1.54, 1.807) is 25.3 Å². The minimum absolute atomic E-state index is 0.0403. The molecule has 4 rings (SSSR count). The van der Waals surface area contributed by atoms with Gasteiger partial charge in [-0.15, -0.1) is 0 Å². The number of likely N-dealkylation sites (tertiary alicyclic amines) is 1. The zero-order chi connectivity index (χ0) is 20.5. The van der Waals surface area contributed by atoms with Gasteiger partial charge in [-0.05, 0) is 32.2 Å². The van der Waals surface area contributed by atoms with Crippen molar-refractivity contribution in [3.63, 3.8) is 0 Å². The van der Waals surface area contributed by atoms with Crippen LogP contribution in [0.4, 0.5) is 15.9 Å². The van der Waals surface area contributed by atoms with E-state index in [4.69, 9.17) is 21.1 Å². The molecular formula is C21H22ClFN4O2. The van der Waals surface area contributed by atoms with Crippen LogP contribution in [0, 0.1) is 5.82 Å². The molecule has 0 bridgehead atoms. The van der Waals surface area contributed by atoms with Crippen LogP contribution in [0.1, 0.15) is 13.3 Å². The zero-order valence-corrected chi connectivity index (χ0v) is 17.2. The fourth-order valence-corrected chi connectivity index (χ4v) is 3.72. The Kier molecular flexibility index (Phi) is 5.43. The predicted molar refractivity (Wildman–Crippen MR) is 112 cm³/mol. The first-order valence-corrected chi connectivity index (χ1v) is 9.74. The highest BCUT2D eigenvalue weighted by Crippen LogP contribution is 2.37. The molecule has 3 aromatic rings. The molecule has 0 spiro atoms. The molecule has 152 valence electrons. The number of nitrogens with one attached hydrogen (secondary N) is 1. The Morgan fingerprint density at radius 1 is 1.24 bits per heavy atom. The Morgan fingerprint density at radius 3 is 2.79 bits per heavy atom. The maximum atomic E-state index is 14.3. The Morgan fingerprint density at radius 2 is 2.07 bits per heavy atom. The number of hydrogen-bond acceptors (Lipinski definition) is 6. The fraction of sp³-hybridized carbons (Fsp3) is 0.333. The topological polar surface area (TPSA) is 59.5 Å². The molecule has 1 aliphatic rings. The largest absolute Gasteiger partial charge is 0.493 e. The molecule has 29 heavy (non-hydrogen) atoms. The van der Waals surface area contributed by atoms with Crippen molar-refractivity contribution in [1.29, 1.82) is 0 Å². The molecule has 1 aromatic heterocycles. The Balaban J connectivity index is 1.72. The van der Waals surface area contributed by atoms with E-state index in [2.05, 4.69) is 34.2 Å². The molecule has 1 unspecified atom stereocenters. The van der Waals surface area contributed by atoms with E-state index in [0.29, 0.717) is 34.3 Å². The highest BCUT2D eigenvalue weighted by molar-refractivity contribution is 6.31. The Labute approximate surface area is 173 Å². The van der Waals surface area contributed by atoms with Crippen molar-refractivity contribution in [2.24, 2.45) is 0 Å². The standard InChI is InChI=1S/C21H22ClFN4O2/c1-12-7-13(10-27(12)2)29-19-8-14-17(9-18(19)28-3)24-11-25-21(14)26-16-6-4-5-15(22)20(16)23/h4-6,8-9,11-13H,7,10H2,1-3H3,(H,24,25,26)/t12-,13?/m1/s1. The predicted octanol–water partition coefficient (Wildman–Crippen LogP) is 4.65. The normalized spacial score (nSPS) is 19.5. The van der Waals surface area contributed by atoms with Gasteiger partial charge in [-0.1, -0.05) is 17.7 Å². The molecular weight excluding hydrogens is 395 g/mol. The number of nitrogens with zero attached hydrogens (tertiary/aromatic N) is 3.